The van der Waals surface area contributed by atoms with Gasteiger partial charge in [0.1, 0.15) is 0 Å². The first-order valence-electron chi connectivity index (χ1n) is 6.77. The average molecular weight is 254 g/mol. The Balaban J connectivity index is 2.10. The Labute approximate surface area is 115 Å². The van der Waals surface area contributed by atoms with Gasteiger partial charge < -0.3 is 10.6 Å². The molecule has 0 fully saturated rings. The van der Waals surface area contributed by atoms with Gasteiger partial charge in [-0.25, -0.2) is 0 Å². The van der Waals surface area contributed by atoms with Crippen molar-refractivity contribution in [1.82, 2.24) is 0 Å². The summed E-state index contributed by atoms with van der Waals surface area (Å²) in [5.41, 5.74) is 9.42. The molecule has 0 bridgehead atoms. The Morgan fingerprint density at radius 3 is 2.11 bits per heavy atom. The van der Waals surface area contributed by atoms with Gasteiger partial charge in [0.25, 0.3) is 0 Å². The third-order valence-electron chi connectivity index (χ3n) is 3.40. The first-order valence-corrected chi connectivity index (χ1v) is 6.77. The van der Waals surface area contributed by atoms with Crippen molar-refractivity contribution >= 4 is 5.69 Å². The molecule has 0 aliphatic rings. The van der Waals surface area contributed by atoms with E-state index < -0.39 is 0 Å². The summed E-state index contributed by atoms with van der Waals surface area (Å²) in [4.78, 5) is 2.26. The van der Waals surface area contributed by atoms with Crippen molar-refractivity contribution in [2.75, 3.05) is 25.0 Å². The van der Waals surface area contributed by atoms with Crippen LogP contribution in [-0.4, -0.2) is 20.1 Å². The summed E-state index contributed by atoms with van der Waals surface area (Å²) in [7, 11) is 2.11. The maximum atomic E-state index is 5.67. The number of nitrogens with zero attached hydrogens (tertiary/aromatic N) is 1. The molecule has 100 valence electrons. The quantitative estimate of drug-likeness (QED) is 0.886. The maximum absolute atomic E-state index is 5.67. The van der Waals surface area contributed by atoms with Gasteiger partial charge in [0, 0.05) is 19.3 Å². The van der Waals surface area contributed by atoms with E-state index in [-0.39, 0.29) is 0 Å². The molecule has 2 nitrogen and oxygen atoms in total. The maximum Gasteiger partial charge on any atom is 0.0364 e. The van der Waals surface area contributed by atoms with Crippen molar-refractivity contribution in [3.8, 4) is 11.1 Å². The normalized spacial score (nSPS) is 12.2. The first kappa shape index (κ1) is 13.6. The van der Waals surface area contributed by atoms with Gasteiger partial charge in [-0.2, -0.15) is 0 Å². The fourth-order valence-electron chi connectivity index (χ4n) is 2.19. The first-order chi connectivity index (χ1) is 9.20. The minimum atomic E-state index is 0.513. The molecule has 1 atom stereocenters. The van der Waals surface area contributed by atoms with Crippen LogP contribution in [0.25, 0.3) is 11.1 Å². The van der Waals surface area contributed by atoms with E-state index in [4.69, 9.17) is 5.73 Å². The van der Waals surface area contributed by atoms with Gasteiger partial charge in [-0.05, 0) is 35.7 Å². The van der Waals surface area contributed by atoms with Gasteiger partial charge in [-0.1, -0.05) is 49.4 Å². The van der Waals surface area contributed by atoms with Crippen LogP contribution >= 0.6 is 0 Å². The third-order valence-corrected chi connectivity index (χ3v) is 3.40. The van der Waals surface area contributed by atoms with Crippen molar-refractivity contribution in [1.29, 1.82) is 0 Å². The fourth-order valence-corrected chi connectivity index (χ4v) is 2.19. The standard InChI is InChI=1S/C17H22N2/c1-14(12-18)13-19(2)17-10-8-16(9-11-17)15-6-4-3-5-7-15/h3-11,14H,12-13,18H2,1-2H3. The zero-order valence-corrected chi connectivity index (χ0v) is 11.7. The van der Waals surface area contributed by atoms with Crippen LogP contribution in [0.2, 0.25) is 0 Å². The van der Waals surface area contributed by atoms with Crippen molar-refractivity contribution in [2.45, 2.75) is 6.92 Å². The van der Waals surface area contributed by atoms with Crippen LogP contribution in [0.3, 0.4) is 0 Å². The van der Waals surface area contributed by atoms with E-state index in [2.05, 4.69) is 67.4 Å². The van der Waals surface area contributed by atoms with E-state index in [1.165, 1.54) is 16.8 Å². The highest BCUT2D eigenvalue weighted by atomic mass is 15.1. The lowest BCUT2D eigenvalue weighted by Gasteiger charge is -2.22. The van der Waals surface area contributed by atoms with Crippen molar-refractivity contribution in [2.24, 2.45) is 11.7 Å². The van der Waals surface area contributed by atoms with Gasteiger partial charge >= 0.3 is 0 Å². The smallest absolute Gasteiger partial charge is 0.0364 e. The topological polar surface area (TPSA) is 29.3 Å². The van der Waals surface area contributed by atoms with E-state index in [0.29, 0.717) is 5.92 Å². The van der Waals surface area contributed by atoms with Crippen LogP contribution in [0.1, 0.15) is 6.92 Å². The lowest BCUT2D eigenvalue weighted by atomic mass is 10.1. The molecule has 2 aromatic rings. The van der Waals surface area contributed by atoms with Crippen LogP contribution < -0.4 is 10.6 Å². The lowest BCUT2D eigenvalue weighted by Crippen LogP contribution is -2.28. The Morgan fingerprint density at radius 2 is 1.53 bits per heavy atom. The summed E-state index contributed by atoms with van der Waals surface area (Å²) in [6.07, 6.45) is 0. The summed E-state index contributed by atoms with van der Waals surface area (Å²) in [6.45, 7) is 3.89. The van der Waals surface area contributed by atoms with Gasteiger partial charge in [-0.15, -0.1) is 0 Å². The monoisotopic (exact) mass is 254 g/mol. The molecule has 0 aliphatic heterocycles. The Hall–Kier alpha value is -1.80. The van der Waals surface area contributed by atoms with Crippen LogP contribution in [-0.2, 0) is 0 Å². The number of benzene rings is 2. The number of rotatable bonds is 5. The number of hydrogen-bond acceptors (Lipinski definition) is 2. The summed E-state index contributed by atoms with van der Waals surface area (Å²) in [5, 5.41) is 0. The molecule has 1 unspecified atom stereocenters. The molecule has 0 radical (unpaired) electrons. The second-order valence-corrected chi connectivity index (χ2v) is 5.13. The minimum absolute atomic E-state index is 0.513. The molecule has 0 spiro atoms. The number of anilines is 1. The molecule has 0 saturated carbocycles. The third kappa shape index (κ3) is 3.58. The summed E-state index contributed by atoms with van der Waals surface area (Å²) < 4.78 is 0. The highest BCUT2D eigenvalue weighted by Crippen LogP contribution is 2.22. The highest BCUT2D eigenvalue weighted by molar-refractivity contribution is 5.66. The van der Waals surface area contributed by atoms with Crippen molar-refractivity contribution < 1.29 is 0 Å². The second kappa shape index (κ2) is 6.39. The van der Waals surface area contributed by atoms with Gasteiger partial charge in [0.2, 0.25) is 0 Å². The molecular formula is C17H22N2. The molecule has 0 heterocycles. The molecule has 0 aliphatic carbocycles. The van der Waals surface area contributed by atoms with Crippen LogP contribution in [0.15, 0.2) is 54.6 Å². The zero-order valence-electron chi connectivity index (χ0n) is 11.7. The summed E-state index contributed by atoms with van der Waals surface area (Å²) >= 11 is 0. The predicted octanol–water partition coefficient (Wildman–Crippen LogP) is 3.38. The fraction of sp³-hybridized carbons (Fsp3) is 0.294. The SMILES string of the molecule is CC(CN)CN(C)c1ccc(-c2ccccc2)cc1. The van der Waals surface area contributed by atoms with Crippen molar-refractivity contribution in [3.05, 3.63) is 54.6 Å². The largest absolute Gasteiger partial charge is 0.374 e. The molecule has 0 saturated heterocycles. The average Bonchev–Trinajstić information content (AvgIpc) is 2.48. The number of hydrogen-bond donors (Lipinski definition) is 1. The Morgan fingerprint density at radius 1 is 0.947 bits per heavy atom. The van der Waals surface area contributed by atoms with Crippen LogP contribution in [0.5, 0.6) is 0 Å². The Kier molecular flexibility index (Phi) is 4.58. The molecule has 2 aromatic carbocycles. The molecule has 0 amide bonds. The van der Waals surface area contributed by atoms with Gasteiger partial charge in [0.15, 0.2) is 0 Å². The van der Waals surface area contributed by atoms with E-state index >= 15 is 0 Å². The summed E-state index contributed by atoms with van der Waals surface area (Å²) in [6, 6.07) is 19.1. The van der Waals surface area contributed by atoms with E-state index in [1.807, 2.05) is 6.07 Å². The molecule has 2 N–H and O–H groups in total. The molecular weight excluding hydrogens is 232 g/mol. The van der Waals surface area contributed by atoms with E-state index in [1.54, 1.807) is 0 Å². The molecule has 2 rings (SSSR count). The van der Waals surface area contributed by atoms with Gasteiger partial charge in [-0.3, -0.25) is 0 Å². The van der Waals surface area contributed by atoms with E-state index in [9.17, 15) is 0 Å². The van der Waals surface area contributed by atoms with Crippen LogP contribution in [0, 0.1) is 5.92 Å². The molecule has 19 heavy (non-hydrogen) atoms. The van der Waals surface area contributed by atoms with Crippen molar-refractivity contribution in [3.63, 3.8) is 0 Å². The molecule has 2 heteroatoms. The van der Waals surface area contributed by atoms with Crippen LogP contribution in [0.4, 0.5) is 5.69 Å². The number of nitrogens with two attached hydrogens (primary N) is 1. The summed E-state index contributed by atoms with van der Waals surface area (Å²) in [5.74, 6) is 0.513. The Bertz CT molecular complexity index is 490. The van der Waals surface area contributed by atoms with E-state index in [0.717, 1.165) is 13.1 Å². The minimum Gasteiger partial charge on any atom is -0.374 e. The highest BCUT2D eigenvalue weighted by Gasteiger charge is 2.06. The second-order valence-electron chi connectivity index (χ2n) is 5.13. The van der Waals surface area contributed by atoms with Gasteiger partial charge in [0.05, 0.1) is 0 Å². The predicted molar refractivity (Wildman–Crippen MR) is 83.4 cm³/mol. The zero-order chi connectivity index (χ0) is 13.7. The lowest BCUT2D eigenvalue weighted by molar-refractivity contribution is 0.590. The molecule has 0 aromatic heterocycles.